The van der Waals surface area contributed by atoms with Gasteiger partial charge in [0, 0.05) is 31.1 Å². The number of nitrogens with one attached hydrogen (secondary N) is 1. The van der Waals surface area contributed by atoms with Crippen molar-refractivity contribution in [3.05, 3.63) is 24.0 Å². The Morgan fingerprint density at radius 2 is 2.14 bits per heavy atom. The molecule has 1 aromatic heterocycles. The van der Waals surface area contributed by atoms with E-state index < -0.39 is 0 Å². The molecule has 0 amide bonds. The molecule has 3 nitrogen and oxygen atoms in total. The second-order valence-electron chi connectivity index (χ2n) is 3.60. The summed E-state index contributed by atoms with van der Waals surface area (Å²) in [4.78, 5) is 3.17. The largest absolute Gasteiger partial charge is 0.381 e. The molecule has 0 radical (unpaired) electrons. The van der Waals surface area contributed by atoms with Crippen LogP contribution in [0.3, 0.4) is 0 Å². The molecule has 1 fully saturated rings. The Morgan fingerprint density at radius 1 is 1.43 bits per heavy atom. The van der Waals surface area contributed by atoms with Crippen LogP contribution in [0.5, 0.6) is 0 Å². The van der Waals surface area contributed by atoms with E-state index in [1.54, 1.807) is 0 Å². The third-order valence-electron chi connectivity index (χ3n) is 2.75. The lowest BCUT2D eigenvalue weighted by Crippen LogP contribution is -2.27. The quantitative estimate of drug-likeness (QED) is 0.793. The number of hydrogen-bond acceptors (Lipinski definition) is 2. The van der Waals surface area contributed by atoms with E-state index in [-0.39, 0.29) is 18.4 Å². The van der Waals surface area contributed by atoms with Gasteiger partial charge >= 0.3 is 0 Å². The van der Waals surface area contributed by atoms with Crippen LogP contribution >= 0.6 is 12.4 Å². The van der Waals surface area contributed by atoms with Crippen molar-refractivity contribution in [1.82, 2.24) is 4.98 Å². The first-order valence-electron chi connectivity index (χ1n) is 4.84. The van der Waals surface area contributed by atoms with Gasteiger partial charge in [0.25, 0.3) is 0 Å². The van der Waals surface area contributed by atoms with Gasteiger partial charge in [-0.15, -0.1) is 12.4 Å². The molecule has 1 aromatic rings. The average Bonchev–Trinajstić information content (AvgIpc) is 2.71. The van der Waals surface area contributed by atoms with E-state index >= 15 is 0 Å². The summed E-state index contributed by atoms with van der Waals surface area (Å²) in [5, 5.41) is 0. The number of H-pyrrole nitrogens is 1. The summed E-state index contributed by atoms with van der Waals surface area (Å²) in [7, 11) is 0. The highest BCUT2D eigenvalue weighted by molar-refractivity contribution is 5.85. The highest BCUT2D eigenvalue weighted by Crippen LogP contribution is 2.26. The van der Waals surface area contributed by atoms with Gasteiger partial charge in [0.2, 0.25) is 0 Å². The van der Waals surface area contributed by atoms with Crippen LogP contribution in [0, 0.1) is 5.92 Å². The number of halogens is 1. The van der Waals surface area contributed by atoms with E-state index in [0.717, 1.165) is 31.7 Å². The SMILES string of the molecule is Cl.N[C@H](c1ccc[nH]1)C1CCOCC1. The van der Waals surface area contributed by atoms with Crippen LogP contribution in [0.15, 0.2) is 18.3 Å². The van der Waals surface area contributed by atoms with Gasteiger partial charge in [0.05, 0.1) is 0 Å². The number of aromatic amines is 1. The maximum Gasteiger partial charge on any atom is 0.0478 e. The summed E-state index contributed by atoms with van der Waals surface area (Å²) < 4.78 is 5.30. The standard InChI is InChI=1S/C10H16N2O.ClH/c11-10(9-2-1-5-12-9)8-3-6-13-7-4-8;/h1-2,5,8,10,12H,3-4,6-7,11H2;1H/t10-;/m0./s1. The molecular weight excluding hydrogens is 200 g/mol. The minimum absolute atomic E-state index is 0. The summed E-state index contributed by atoms with van der Waals surface area (Å²) in [6, 6.07) is 4.20. The molecule has 3 N–H and O–H groups in total. The highest BCUT2D eigenvalue weighted by Gasteiger charge is 2.22. The van der Waals surface area contributed by atoms with E-state index in [9.17, 15) is 0 Å². The second-order valence-corrected chi connectivity index (χ2v) is 3.60. The maximum absolute atomic E-state index is 6.13. The van der Waals surface area contributed by atoms with Gasteiger partial charge in [-0.1, -0.05) is 0 Å². The van der Waals surface area contributed by atoms with E-state index in [1.165, 1.54) is 0 Å². The Kier molecular flexibility index (Phi) is 4.45. The van der Waals surface area contributed by atoms with Gasteiger partial charge in [-0.05, 0) is 30.9 Å². The van der Waals surface area contributed by atoms with Crippen LogP contribution in [-0.4, -0.2) is 18.2 Å². The Balaban J connectivity index is 0.000000980. The minimum Gasteiger partial charge on any atom is -0.381 e. The molecule has 2 rings (SSSR count). The Hall–Kier alpha value is -0.510. The van der Waals surface area contributed by atoms with E-state index in [4.69, 9.17) is 10.5 Å². The molecule has 0 bridgehead atoms. The summed E-state index contributed by atoms with van der Waals surface area (Å²) >= 11 is 0. The van der Waals surface area contributed by atoms with Crippen molar-refractivity contribution in [3.8, 4) is 0 Å². The number of hydrogen-bond donors (Lipinski definition) is 2. The number of ether oxygens (including phenoxy) is 1. The summed E-state index contributed by atoms with van der Waals surface area (Å²) in [6.45, 7) is 1.72. The molecule has 4 heteroatoms. The van der Waals surface area contributed by atoms with E-state index in [2.05, 4.69) is 11.1 Å². The second kappa shape index (κ2) is 5.39. The zero-order valence-electron chi connectivity index (χ0n) is 8.11. The Bertz CT molecular complexity index is 245. The molecule has 0 aromatic carbocycles. The number of aromatic nitrogens is 1. The first-order valence-corrected chi connectivity index (χ1v) is 4.84. The molecule has 0 spiro atoms. The first-order chi connectivity index (χ1) is 6.38. The van der Waals surface area contributed by atoms with Crippen LogP contribution in [0.1, 0.15) is 24.6 Å². The van der Waals surface area contributed by atoms with Crippen molar-refractivity contribution in [3.63, 3.8) is 0 Å². The molecule has 1 saturated heterocycles. The lowest BCUT2D eigenvalue weighted by atomic mass is 9.90. The predicted octanol–water partition coefficient (Wildman–Crippen LogP) is 1.86. The Labute approximate surface area is 90.4 Å². The molecule has 0 aliphatic carbocycles. The number of nitrogens with two attached hydrogens (primary N) is 1. The minimum atomic E-state index is 0. The molecule has 14 heavy (non-hydrogen) atoms. The van der Waals surface area contributed by atoms with Crippen molar-refractivity contribution in [1.29, 1.82) is 0 Å². The number of rotatable bonds is 2. The lowest BCUT2D eigenvalue weighted by molar-refractivity contribution is 0.0580. The van der Waals surface area contributed by atoms with Crippen molar-refractivity contribution < 1.29 is 4.74 Å². The van der Waals surface area contributed by atoms with Gasteiger partial charge in [-0.2, -0.15) is 0 Å². The molecule has 80 valence electrons. The van der Waals surface area contributed by atoms with E-state index in [1.807, 2.05) is 12.3 Å². The van der Waals surface area contributed by atoms with Crippen LogP contribution < -0.4 is 5.73 Å². The zero-order valence-corrected chi connectivity index (χ0v) is 8.93. The van der Waals surface area contributed by atoms with Gasteiger partial charge in [0.1, 0.15) is 0 Å². The van der Waals surface area contributed by atoms with Gasteiger partial charge in [0.15, 0.2) is 0 Å². The van der Waals surface area contributed by atoms with Crippen molar-refractivity contribution in [2.75, 3.05) is 13.2 Å². The van der Waals surface area contributed by atoms with Crippen LogP contribution in [0.4, 0.5) is 0 Å². The van der Waals surface area contributed by atoms with Crippen molar-refractivity contribution in [2.24, 2.45) is 11.7 Å². The molecule has 2 heterocycles. The fraction of sp³-hybridized carbons (Fsp3) is 0.600. The monoisotopic (exact) mass is 216 g/mol. The van der Waals surface area contributed by atoms with Gasteiger partial charge in [-0.25, -0.2) is 0 Å². The zero-order chi connectivity index (χ0) is 9.10. The van der Waals surface area contributed by atoms with Crippen LogP contribution in [0.2, 0.25) is 0 Å². The van der Waals surface area contributed by atoms with E-state index in [0.29, 0.717) is 5.92 Å². The smallest absolute Gasteiger partial charge is 0.0478 e. The predicted molar refractivity (Wildman–Crippen MR) is 58.5 cm³/mol. The van der Waals surface area contributed by atoms with Gasteiger partial charge < -0.3 is 15.5 Å². The summed E-state index contributed by atoms with van der Waals surface area (Å²) in [6.07, 6.45) is 4.09. The van der Waals surface area contributed by atoms with Crippen LogP contribution in [-0.2, 0) is 4.74 Å². The fourth-order valence-electron chi connectivity index (χ4n) is 1.88. The summed E-state index contributed by atoms with van der Waals surface area (Å²) in [5.41, 5.74) is 7.27. The molecule has 0 saturated carbocycles. The molecule has 1 atom stereocenters. The van der Waals surface area contributed by atoms with Gasteiger partial charge in [-0.3, -0.25) is 0 Å². The summed E-state index contributed by atoms with van der Waals surface area (Å²) in [5.74, 6) is 0.576. The molecule has 0 unspecified atom stereocenters. The van der Waals surface area contributed by atoms with Crippen LogP contribution in [0.25, 0.3) is 0 Å². The lowest BCUT2D eigenvalue weighted by Gasteiger charge is -2.26. The normalized spacial score (nSPS) is 20.1. The highest BCUT2D eigenvalue weighted by atomic mass is 35.5. The topological polar surface area (TPSA) is 51.0 Å². The first kappa shape index (κ1) is 11.6. The fourth-order valence-corrected chi connectivity index (χ4v) is 1.88. The molecule has 1 aliphatic heterocycles. The molecular formula is C10H17ClN2O. The average molecular weight is 217 g/mol. The Morgan fingerprint density at radius 3 is 2.71 bits per heavy atom. The maximum atomic E-state index is 6.13. The third kappa shape index (κ3) is 2.50. The van der Waals surface area contributed by atoms with Crippen molar-refractivity contribution >= 4 is 12.4 Å². The third-order valence-corrected chi connectivity index (χ3v) is 2.75. The molecule has 1 aliphatic rings. The van der Waals surface area contributed by atoms with Crippen molar-refractivity contribution in [2.45, 2.75) is 18.9 Å².